The zero-order valence-electron chi connectivity index (χ0n) is 13.2. The quantitative estimate of drug-likeness (QED) is 0.897. The fourth-order valence-electron chi connectivity index (χ4n) is 2.30. The van der Waals surface area contributed by atoms with E-state index >= 15 is 0 Å². The van der Waals surface area contributed by atoms with E-state index in [2.05, 4.69) is 0 Å². The minimum atomic E-state index is -1.50. The number of allylic oxidation sites excluding steroid dienone is 1. The number of ether oxygens (including phenoxy) is 2. The Kier molecular flexibility index (Phi) is 4.31. The van der Waals surface area contributed by atoms with Crippen LogP contribution >= 0.6 is 0 Å². The fraction of sp³-hybridized carbons (Fsp3) is 0.250. The summed E-state index contributed by atoms with van der Waals surface area (Å²) in [4.78, 5) is 23.8. The van der Waals surface area contributed by atoms with Crippen molar-refractivity contribution in [3.63, 3.8) is 0 Å². The van der Waals surface area contributed by atoms with Gasteiger partial charge in [-0.05, 0) is 19.9 Å². The van der Waals surface area contributed by atoms with Crippen molar-refractivity contribution in [3.8, 4) is 17.2 Å². The molecule has 0 radical (unpaired) electrons. The Balaban J connectivity index is 3.09. The van der Waals surface area contributed by atoms with Crippen LogP contribution in [0, 0.1) is 0 Å². The van der Waals surface area contributed by atoms with Crippen molar-refractivity contribution < 1.29 is 24.5 Å². The molecule has 2 N–H and O–H groups in total. The van der Waals surface area contributed by atoms with E-state index in [-0.39, 0.29) is 5.39 Å². The van der Waals surface area contributed by atoms with E-state index in [4.69, 9.17) is 9.47 Å². The molecular weight excluding hydrogens is 302 g/mol. The summed E-state index contributed by atoms with van der Waals surface area (Å²) in [5.41, 5.74) is -0.417. The van der Waals surface area contributed by atoms with Gasteiger partial charge in [0.25, 0.3) is 5.56 Å². The van der Waals surface area contributed by atoms with Crippen LogP contribution < -0.4 is 15.0 Å². The summed E-state index contributed by atoms with van der Waals surface area (Å²) >= 11 is 0. The molecule has 1 heterocycles. The Morgan fingerprint density at radius 3 is 2.22 bits per heavy atom. The molecule has 0 fully saturated rings. The predicted octanol–water partition coefficient (Wildman–Crippen LogP) is 2.30. The maximum absolute atomic E-state index is 12.4. The van der Waals surface area contributed by atoms with E-state index in [0.717, 1.165) is 5.57 Å². The summed E-state index contributed by atoms with van der Waals surface area (Å²) in [5, 5.41) is 19.7. The molecule has 0 aliphatic heterocycles. The highest BCUT2D eigenvalue weighted by Crippen LogP contribution is 2.36. The van der Waals surface area contributed by atoms with Gasteiger partial charge < -0.3 is 19.7 Å². The van der Waals surface area contributed by atoms with Crippen LogP contribution in [0.3, 0.4) is 0 Å². The maximum Gasteiger partial charge on any atom is 0.345 e. The van der Waals surface area contributed by atoms with Crippen molar-refractivity contribution in [3.05, 3.63) is 33.6 Å². The van der Waals surface area contributed by atoms with Crippen molar-refractivity contribution >= 4 is 23.1 Å². The topological polar surface area (TPSA) is 98.0 Å². The molecule has 2 rings (SSSR count). The number of carboxylic acid groups (broad SMARTS) is 1. The second-order valence-electron chi connectivity index (χ2n) is 5.13. The number of methoxy groups -OCH3 is 2. The van der Waals surface area contributed by atoms with Crippen molar-refractivity contribution in [1.29, 1.82) is 0 Å². The lowest BCUT2D eigenvalue weighted by atomic mass is 10.1. The van der Waals surface area contributed by atoms with Gasteiger partial charge in [0.15, 0.2) is 17.1 Å². The van der Waals surface area contributed by atoms with E-state index in [1.165, 1.54) is 37.1 Å². The summed E-state index contributed by atoms with van der Waals surface area (Å²) in [5.74, 6) is -1.43. The summed E-state index contributed by atoms with van der Waals surface area (Å²) in [6.45, 7) is 3.54. The number of carbonyl (C=O) groups is 1. The predicted molar refractivity (Wildman–Crippen MR) is 85.6 cm³/mol. The van der Waals surface area contributed by atoms with Crippen molar-refractivity contribution in [1.82, 2.24) is 4.57 Å². The molecule has 0 bridgehead atoms. The molecule has 1 aromatic heterocycles. The zero-order valence-corrected chi connectivity index (χ0v) is 13.2. The number of nitrogens with zero attached hydrogens (tertiary/aromatic N) is 1. The lowest BCUT2D eigenvalue weighted by Crippen LogP contribution is -2.24. The smallest absolute Gasteiger partial charge is 0.345 e. The normalized spacial score (nSPS) is 10.4. The van der Waals surface area contributed by atoms with E-state index in [9.17, 15) is 19.8 Å². The second-order valence-corrected chi connectivity index (χ2v) is 5.13. The first kappa shape index (κ1) is 16.4. The number of aromatic hydroxyl groups is 1. The average molecular weight is 319 g/mol. The number of carboxylic acids is 1. The van der Waals surface area contributed by atoms with Crippen LogP contribution in [0.5, 0.6) is 17.2 Å². The molecule has 0 aliphatic carbocycles. The highest BCUT2D eigenvalue weighted by atomic mass is 16.5. The Bertz CT molecular complexity index is 874. The molecule has 0 spiro atoms. The summed E-state index contributed by atoms with van der Waals surface area (Å²) in [7, 11) is 2.86. The third-order valence-corrected chi connectivity index (χ3v) is 3.29. The molecule has 7 heteroatoms. The third kappa shape index (κ3) is 2.73. The van der Waals surface area contributed by atoms with Gasteiger partial charge in [0.05, 0.1) is 19.7 Å². The Hall–Kier alpha value is -2.96. The average Bonchev–Trinajstić information content (AvgIpc) is 2.49. The van der Waals surface area contributed by atoms with Gasteiger partial charge >= 0.3 is 5.97 Å². The SMILES string of the molecule is COc1cc2c(O)c(C(=O)O)c(=O)n(C=C(C)C)c2cc1OC. The van der Waals surface area contributed by atoms with E-state index in [1.807, 2.05) is 0 Å². The van der Waals surface area contributed by atoms with E-state index < -0.39 is 22.8 Å². The fourth-order valence-corrected chi connectivity index (χ4v) is 2.30. The van der Waals surface area contributed by atoms with Gasteiger partial charge in [-0.3, -0.25) is 9.36 Å². The zero-order chi connectivity index (χ0) is 17.3. The van der Waals surface area contributed by atoms with Gasteiger partial charge in [-0.2, -0.15) is 0 Å². The van der Waals surface area contributed by atoms with Crippen LogP contribution in [-0.4, -0.2) is 35.0 Å². The molecule has 0 atom stereocenters. The number of hydrogen-bond acceptors (Lipinski definition) is 5. The molecular formula is C16H17NO6. The van der Waals surface area contributed by atoms with Gasteiger partial charge in [-0.1, -0.05) is 5.57 Å². The number of rotatable bonds is 4. The number of fused-ring (bicyclic) bond motifs is 1. The van der Waals surface area contributed by atoms with Gasteiger partial charge in [0, 0.05) is 17.7 Å². The molecule has 23 heavy (non-hydrogen) atoms. The molecule has 0 aliphatic rings. The molecule has 1 aromatic carbocycles. The number of hydrogen-bond donors (Lipinski definition) is 2. The van der Waals surface area contributed by atoms with Crippen LogP contribution in [-0.2, 0) is 0 Å². The van der Waals surface area contributed by atoms with Crippen molar-refractivity contribution in [2.45, 2.75) is 13.8 Å². The van der Waals surface area contributed by atoms with Crippen LogP contribution in [0.25, 0.3) is 17.1 Å². The lowest BCUT2D eigenvalue weighted by molar-refractivity contribution is 0.0691. The van der Waals surface area contributed by atoms with Crippen LogP contribution in [0.4, 0.5) is 0 Å². The summed E-state index contributed by atoms with van der Waals surface area (Å²) in [6.07, 6.45) is 1.50. The first-order valence-electron chi connectivity index (χ1n) is 6.73. The lowest BCUT2D eigenvalue weighted by Gasteiger charge is -2.14. The van der Waals surface area contributed by atoms with Crippen LogP contribution in [0.2, 0.25) is 0 Å². The van der Waals surface area contributed by atoms with Crippen molar-refractivity contribution in [2.75, 3.05) is 14.2 Å². The number of aromatic nitrogens is 1. The molecule has 0 saturated carbocycles. The Labute approximate surface area is 132 Å². The summed E-state index contributed by atoms with van der Waals surface area (Å²) < 4.78 is 11.5. The first-order chi connectivity index (χ1) is 10.8. The summed E-state index contributed by atoms with van der Waals surface area (Å²) in [6, 6.07) is 2.95. The van der Waals surface area contributed by atoms with Gasteiger partial charge in [-0.25, -0.2) is 4.79 Å². The maximum atomic E-state index is 12.4. The number of benzene rings is 1. The minimum Gasteiger partial charge on any atom is -0.506 e. The Morgan fingerprint density at radius 2 is 1.74 bits per heavy atom. The molecule has 122 valence electrons. The van der Waals surface area contributed by atoms with Crippen molar-refractivity contribution in [2.24, 2.45) is 0 Å². The first-order valence-corrected chi connectivity index (χ1v) is 6.73. The number of pyridine rings is 1. The number of aromatic carboxylic acids is 1. The largest absolute Gasteiger partial charge is 0.506 e. The standard InChI is InChI=1S/C16H17NO6/c1-8(2)7-17-10-6-12(23-4)11(22-3)5-9(10)14(18)13(15(17)19)16(20)21/h5-7,18H,1-4H3,(H,20,21). The third-order valence-electron chi connectivity index (χ3n) is 3.29. The van der Waals surface area contributed by atoms with E-state index in [1.54, 1.807) is 13.8 Å². The highest BCUT2D eigenvalue weighted by molar-refractivity contribution is 6.00. The Morgan fingerprint density at radius 1 is 1.17 bits per heavy atom. The van der Waals surface area contributed by atoms with E-state index in [0.29, 0.717) is 17.0 Å². The second kappa shape index (κ2) is 6.04. The van der Waals surface area contributed by atoms with Gasteiger partial charge in [-0.15, -0.1) is 0 Å². The molecule has 0 saturated heterocycles. The van der Waals surface area contributed by atoms with Crippen LogP contribution in [0.1, 0.15) is 24.2 Å². The molecule has 0 amide bonds. The molecule has 0 unspecified atom stereocenters. The minimum absolute atomic E-state index is 0.178. The molecule has 2 aromatic rings. The van der Waals surface area contributed by atoms with Crippen LogP contribution in [0.15, 0.2) is 22.5 Å². The monoisotopic (exact) mass is 319 g/mol. The van der Waals surface area contributed by atoms with Gasteiger partial charge in [0.2, 0.25) is 0 Å². The highest BCUT2D eigenvalue weighted by Gasteiger charge is 2.22. The van der Waals surface area contributed by atoms with Gasteiger partial charge in [0.1, 0.15) is 5.75 Å². The molecule has 7 nitrogen and oxygen atoms in total.